The van der Waals surface area contributed by atoms with Gasteiger partial charge in [0.1, 0.15) is 5.65 Å². The third-order valence-corrected chi connectivity index (χ3v) is 7.35. The molecule has 1 N–H and O–H groups in total. The highest BCUT2D eigenvalue weighted by Gasteiger charge is 2.24. The molecule has 2 aromatic heterocycles. The Morgan fingerprint density at radius 3 is 2.69 bits per heavy atom. The smallest absolute Gasteiger partial charge is 0.252 e. The number of fused-ring (bicyclic) bond motifs is 1. The summed E-state index contributed by atoms with van der Waals surface area (Å²) in [5, 5.41) is 4.32. The quantitative estimate of drug-likeness (QED) is 0.739. The fourth-order valence-electron chi connectivity index (χ4n) is 4.29. The van der Waals surface area contributed by atoms with Gasteiger partial charge in [-0.05, 0) is 31.7 Å². The second-order valence-electron chi connectivity index (χ2n) is 7.82. The summed E-state index contributed by atoms with van der Waals surface area (Å²) in [5.41, 5.74) is 0.737. The zero-order valence-corrected chi connectivity index (χ0v) is 17.7. The van der Waals surface area contributed by atoms with Crippen LogP contribution in [0.4, 0.5) is 5.95 Å². The second-order valence-corrected chi connectivity index (χ2v) is 9.39. The molecule has 29 heavy (non-hydrogen) atoms. The molecular weight excluding hydrogens is 390 g/mol. The van der Waals surface area contributed by atoms with E-state index in [4.69, 9.17) is 9.72 Å². The van der Waals surface area contributed by atoms with Gasteiger partial charge in [0.15, 0.2) is 0 Å². The first-order chi connectivity index (χ1) is 14.2. The van der Waals surface area contributed by atoms with Gasteiger partial charge in [0.25, 0.3) is 5.56 Å². The summed E-state index contributed by atoms with van der Waals surface area (Å²) < 4.78 is 21.1. The molecule has 0 spiro atoms. The topological polar surface area (TPSA) is 89.4 Å². The highest BCUT2D eigenvalue weighted by Crippen LogP contribution is 2.30. The average Bonchev–Trinajstić information content (AvgIpc) is 3.26. The zero-order chi connectivity index (χ0) is 20.2. The maximum atomic E-state index is 12.5. The van der Waals surface area contributed by atoms with Crippen LogP contribution in [0.2, 0.25) is 0 Å². The summed E-state index contributed by atoms with van der Waals surface area (Å²) in [4.78, 5) is 21.7. The highest BCUT2D eigenvalue weighted by atomic mass is 32.2. The summed E-state index contributed by atoms with van der Waals surface area (Å²) in [6, 6.07) is 3.90. The van der Waals surface area contributed by atoms with E-state index in [0.29, 0.717) is 18.3 Å². The van der Waals surface area contributed by atoms with Gasteiger partial charge in [-0.15, -0.1) is 0 Å². The Labute approximate surface area is 173 Å². The van der Waals surface area contributed by atoms with Crippen molar-refractivity contribution < 1.29 is 8.95 Å². The number of nitrogens with zero attached hydrogens (tertiary/aromatic N) is 4. The Kier molecular flexibility index (Phi) is 6.56. The number of nitrogens with one attached hydrogen (secondary N) is 1. The van der Waals surface area contributed by atoms with Crippen molar-refractivity contribution in [3.05, 3.63) is 28.7 Å². The van der Waals surface area contributed by atoms with E-state index in [2.05, 4.69) is 10.3 Å². The first-order valence-corrected chi connectivity index (χ1v) is 11.7. The van der Waals surface area contributed by atoms with Gasteiger partial charge in [-0.3, -0.25) is 9.36 Å². The van der Waals surface area contributed by atoms with Crippen molar-refractivity contribution in [3.8, 4) is 0 Å². The van der Waals surface area contributed by atoms with Crippen LogP contribution in [0.1, 0.15) is 44.6 Å². The normalized spacial score (nSPS) is 20.3. The summed E-state index contributed by atoms with van der Waals surface area (Å²) in [5.74, 6) is 1.11. The summed E-state index contributed by atoms with van der Waals surface area (Å²) in [6.45, 7) is 2.06. The van der Waals surface area contributed by atoms with Crippen molar-refractivity contribution in [3.63, 3.8) is 0 Å². The van der Waals surface area contributed by atoms with Crippen molar-refractivity contribution in [2.24, 2.45) is 0 Å². The molecule has 1 unspecified atom stereocenters. The lowest BCUT2D eigenvalue weighted by atomic mass is 10.1. The molecule has 1 aliphatic heterocycles. The Morgan fingerprint density at radius 1 is 1.21 bits per heavy atom. The van der Waals surface area contributed by atoms with Crippen molar-refractivity contribution in [1.29, 1.82) is 0 Å². The second kappa shape index (κ2) is 9.32. The molecule has 0 aromatic carbocycles. The van der Waals surface area contributed by atoms with Crippen LogP contribution in [-0.4, -0.2) is 61.7 Å². The van der Waals surface area contributed by atoms with Gasteiger partial charge in [0.05, 0.1) is 23.3 Å². The lowest BCUT2D eigenvalue weighted by molar-refractivity contribution is 0.216. The predicted molar refractivity (Wildman–Crippen MR) is 114 cm³/mol. The van der Waals surface area contributed by atoms with Crippen molar-refractivity contribution >= 4 is 28.0 Å². The minimum atomic E-state index is -0.982. The molecule has 2 fully saturated rings. The number of pyridine rings is 1. The molecule has 158 valence electrons. The van der Waals surface area contributed by atoms with Crippen molar-refractivity contribution in [1.82, 2.24) is 18.8 Å². The number of aromatic nitrogens is 3. The van der Waals surface area contributed by atoms with Crippen LogP contribution in [0.3, 0.4) is 0 Å². The van der Waals surface area contributed by atoms with Crippen molar-refractivity contribution in [2.75, 3.05) is 37.9 Å². The Bertz CT molecular complexity index is 920. The molecule has 0 radical (unpaired) electrons. The molecule has 9 heteroatoms. The molecule has 8 nitrogen and oxygen atoms in total. The maximum Gasteiger partial charge on any atom is 0.252 e. The minimum absolute atomic E-state index is 0.0147. The number of piperidine rings is 1. The largest absolute Gasteiger partial charge is 0.384 e. The van der Waals surface area contributed by atoms with Crippen LogP contribution in [0, 0.1) is 0 Å². The third-order valence-electron chi connectivity index (χ3n) is 5.89. The van der Waals surface area contributed by atoms with Crippen molar-refractivity contribution in [2.45, 2.75) is 50.6 Å². The van der Waals surface area contributed by atoms with E-state index in [0.717, 1.165) is 62.6 Å². The molecule has 2 aromatic rings. The fraction of sp³-hybridized carbons (Fsp3) is 0.650. The fourth-order valence-corrected chi connectivity index (χ4v) is 5.48. The molecule has 1 atom stereocenters. The Morgan fingerprint density at radius 2 is 1.97 bits per heavy atom. The number of anilines is 1. The molecule has 4 rings (SSSR count). The van der Waals surface area contributed by atoms with Gasteiger partial charge in [-0.2, -0.15) is 4.98 Å². The van der Waals surface area contributed by atoms with Crippen LogP contribution in [0.25, 0.3) is 11.0 Å². The predicted octanol–water partition coefficient (Wildman–Crippen LogP) is 2.09. The molecule has 2 aliphatic rings. The number of rotatable bonds is 7. The Hall–Kier alpha value is -1.84. The SMILES string of the molecule is COCCS(=O)N1CCC(Nc2ncc3ccc(=O)n(C4CCCC4)c3n2)CC1. The maximum absolute atomic E-state index is 12.5. The lowest BCUT2D eigenvalue weighted by Gasteiger charge is -2.31. The van der Waals surface area contributed by atoms with Gasteiger partial charge in [0.2, 0.25) is 5.95 Å². The monoisotopic (exact) mass is 419 g/mol. The first kappa shape index (κ1) is 20.4. The summed E-state index contributed by atoms with van der Waals surface area (Å²) in [6.07, 6.45) is 7.94. The molecular formula is C20H29N5O3S. The van der Waals surface area contributed by atoms with Crippen LogP contribution >= 0.6 is 0 Å². The third kappa shape index (κ3) is 4.67. The van der Waals surface area contributed by atoms with Crippen LogP contribution in [0.5, 0.6) is 0 Å². The first-order valence-electron chi connectivity index (χ1n) is 10.4. The average molecular weight is 420 g/mol. The van der Waals surface area contributed by atoms with Gasteiger partial charge in [0, 0.05) is 49.9 Å². The number of methoxy groups -OCH3 is 1. The highest BCUT2D eigenvalue weighted by molar-refractivity contribution is 7.82. The standard InChI is InChI=1S/C20H29N5O3S/c1-28-12-13-29(27)24-10-8-16(9-11-24)22-20-21-14-15-6-7-18(26)25(19(15)23-20)17-4-2-3-5-17/h6-7,14,16-17H,2-5,8-13H2,1H3,(H,21,22,23). The molecule has 1 saturated heterocycles. The van der Waals surface area contributed by atoms with E-state index in [1.807, 2.05) is 8.87 Å². The summed E-state index contributed by atoms with van der Waals surface area (Å²) in [7, 11) is 0.646. The van der Waals surface area contributed by atoms with Gasteiger partial charge < -0.3 is 10.1 Å². The van der Waals surface area contributed by atoms with Gasteiger partial charge >= 0.3 is 0 Å². The van der Waals surface area contributed by atoms with E-state index in [1.54, 1.807) is 25.4 Å². The zero-order valence-electron chi connectivity index (χ0n) is 16.9. The number of hydrogen-bond acceptors (Lipinski definition) is 6. The van der Waals surface area contributed by atoms with E-state index < -0.39 is 11.0 Å². The van der Waals surface area contributed by atoms with E-state index >= 15 is 0 Å². The number of hydrogen-bond donors (Lipinski definition) is 1. The van der Waals surface area contributed by atoms with Gasteiger partial charge in [-0.1, -0.05) is 12.8 Å². The lowest BCUT2D eigenvalue weighted by Crippen LogP contribution is -2.41. The van der Waals surface area contributed by atoms with E-state index in [1.165, 1.54) is 0 Å². The van der Waals surface area contributed by atoms with E-state index in [9.17, 15) is 9.00 Å². The van der Waals surface area contributed by atoms with Crippen LogP contribution in [0.15, 0.2) is 23.1 Å². The van der Waals surface area contributed by atoms with Crippen LogP contribution < -0.4 is 10.9 Å². The minimum Gasteiger partial charge on any atom is -0.384 e. The van der Waals surface area contributed by atoms with Gasteiger partial charge in [-0.25, -0.2) is 13.5 Å². The molecule has 0 bridgehead atoms. The van der Waals surface area contributed by atoms with Crippen LogP contribution in [-0.2, 0) is 15.7 Å². The molecule has 0 amide bonds. The van der Waals surface area contributed by atoms with E-state index in [-0.39, 0.29) is 17.6 Å². The number of ether oxygens (including phenoxy) is 1. The molecule has 1 saturated carbocycles. The summed E-state index contributed by atoms with van der Waals surface area (Å²) >= 11 is 0. The molecule has 3 heterocycles. The Balaban J connectivity index is 1.46. The molecule has 1 aliphatic carbocycles.